The third-order valence-corrected chi connectivity index (χ3v) is 4.11. The zero-order chi connectivity index (χ0) is 17.8. The SMILES string of the molecule is Cc1nn(-c2ccccc2)c(C)c1NC(=O)CCc1ccc(F)cc1. The fraction of sp³-hybridized carbons (Fsp3) is 0.200. The zero-order valence-corrected chi connectivity index (χ0v) is 14.3. The predicted octanol–water partition coefficient (Wildman–Crippen LogP) is 4.20. The third kappa shape index (κ3) is 3.94. The molecule has 0 aliphatic carbocycles. The maximum atomic E-state index is 12.9. The summed E-state index contributed by atoms with van der Waals surface area (Å²) in [6.07, 6.45) is 0.901. The van der Waals surface area contributed by atoms with Gasteiger partial charge in [-0.15, -0.1) is 0 Å². The summed E-state index contributed by atoms with van der Waals surface area (Å²) in [7, 11) is 0. The predicted molar refractivity (Wildman–Crippen MR) is 96.4 cm³/mol. The van der Waals surface area contributed by atoms with Gasteiger partial charge in [0.15, 0.2) is 0 Å². The minimum absolute atomic E-state index is 0.0804. The van der Waals surface area contributed by atoms with Crippen molar-refractivity contribution < 1.29 is 9.18 Å². The first kappa shape index (κ1) is 16.9. The van der Waals surface area contributed by atoms with E-state index < -0.39 is 0 Å². The number of benzene rings is 2. The highest BCUT2D eigenvalue weighted by molar-refractivity contribution is 5.92. The molecule has 5 heteroatoms. The summed E-state index contributed by atoms with van der Waals surface area (Å²) in [5.74, 6) is -0.351. The Kier molecular flexibility index (Phi) is 4.93. The lowest BCUT2D eigenvalue weighted by molar-refractivity contribution is -0.116. The van der Waals surface area contributed by atoms with Gasteiger partial charge in [-0.3, -0.25) is 4.79 Å². The van der Waals surface area contributed by atoms with Crippen molar-refractivity contribution in [3.8, 4) is 5.69 Å². The quantitative estimate of drug-likeness (QED) is 0.758. The molecule has 2 aromatic carbocycles. The van der Waals surface area contributed by atoms with E-state index in [0.717, 1.165) is 28.3 Å². The second-order valence-electron chi connectivity index (χ2n) is 5.97. The molecule has 128 valence electrons. The van der Waals surface area contributed by atoms with Crippen LogP contribution in [-0.2, 0) is 11.2 Å². The van der Waals surface area contributed by atoms with E-state index in [9.17, 15) is 9.18 Å². The molecule has 0 fully saturated rings. The molecule has 0 aliphatic rings. The maximum Gasteiger partial charge on any atom is 0.224 e. The van der Waals surface area contributed by atoms with Crippen molar-refractivity contribution in [1.29, 1.82) is 0 Å². The first-order chi connectivity index (χ1) is 12.0. The van der Waals surface area contributed by atoms with Crippen molar-refractivity contribution in [2.24, 2.45) is 0 Å². The summed E-state index contributed by atoms with van der Waals surface area (Å²) in [4.78, 5) is 12.3. The van der Waals surface area contributed by atoms with E-state index >= 15 is 0 Å². The minimum Gasteiger partial charge on any atom is -0.323 e. The average molecular weight is 337 g/mol. The van der Waals surface area contributed by atoms with E-state index in [4.69, 9.17) is 0 Å². The number of amides is 1. The molecule has 3 aromatic rings. The van der Waals surface area contributed by atoms with Gasteiger partial charge in [-0.05, 0) is 50.1 Å². The molecular formula is C20H20FN3O. The topological polar surface area (TPSA) is 46.9 Å². The van der Waals surface area contributed by atoms with Crippen LogP contribution in [0.2, 0.25) is 0 Å². The molecule has 0 aliphatic heterocycles. The van der Waals surface area contributed by atoms with Crippen LogP contribution in [0.15, 0.2) is 54.6 Å². The lowest BCUT2D eigenvalue weighted by Crippen LogP contribution is -2.13. The van der Waals surface area contributed by atoms with Crippen LogP contribution in [0.3, 0.4) is 0 Å². The molecule has 1 amide bonds. The fourth-order valence-electron chi connectivity index (χ4n) is 2.76. The molecule has 0 atom stereocenters. The number of aromatic nitrogens is 2. The normalized spacial score (nSPS) is 10.7. The van der Waals surface area contributed by atoms with E-state index in [1.165, 1.54) is 12.1 Å². The van der Waals surface area contributed by atoms with Gasteiger partial charge in [0, 0.05) is 6.42 Å². The van der Waals surface area contributed by atoms with Crippen LogP contribution in [0.4, 0.5) is 10.1 Å². The Morgan fingerprint density at radius 1 is 1.08 bits per heavy atom. The highest BCUT2D eigenvalue weighted by Crippen LogP contribution is 2.23. The Bertz CT molecular complexity index is 870. The van der Waals surface area contributed by atoms with Gasteiger partial charge in [-0.2, -0.15) is 5.10 Å². The number of nitrogens with zero attached hydrogens (tertiary/aromatic N) is 2. The molecular weight excluding hydrogens is 317 g/mol. The van der Waals surface area contributed by atoms with Crippen molar-refractivity contribution in [1.82, 2.24) is 9.78 Å². The van der Waals surface area contributed by atoms with Gasteiger partial charge >= 0.3 is 0 Å². The van der Waals surface area contributed by atoms with E-state index in [1.54, 1.807) is 12.1 Å². The van der Waals surface area contributed by atoms with Gasteiger partial charge < -0.3 is 5.32 Å². The van der Waals surface area contributed by atoms with Gasteiger partial charge in [0.05, 0.1) is 22.8 Å². The molecule has 0 bridgehead atoms. The highest BCUT2D eigenvalue weighted by Gasteiger charge is 2.15. The molecule has 0 unspecified atom stereocenters. The van der Waals surface area contributed by atoms with E-state index in [0.29, 0.717) is 12.8 Å². The first-order valence-electron chi connectivity index (χ1n) is 8.20. The second-order valence-corrected chi connectivity index (χ2v) is 5.97. The Morgan fingerprint density at radius 3 is 2.44 bits per heavy atom. The van der Waals surface area contributed by atoms with Crippen LogP contribution in [0.5, 0.6) is 0 Å². The van der Waals surface area contributed by atoms with Gasteiger partial charge in [0.25, 0.3) is 0 Å². The largest absolute Gasteiger partial charge is 0.323 e. The summed E-state index contributed by atoms with van der Waals surface area (Å²) in [5.41, 5.74) is 4.29. The summed E-state index contributed by atoms with van der Waals surface area (Å²) in [6.45, 7) is 3.81. The zero-order valence-electron chi connectivity index (χ0n) is 14.3. The Morgan fingerprint density at radius 2 is 1.76 bits per heavy atom. The van der Waals surface area contributed by atoms with Crippen molar-refractivity contribution in [2.75, 3.05) is 5.32 Å². The Labute approximate surface area is 146 Å². The van der Waals surface area contributed by atoms with Crippen LogP contribution in [-0.4, -0.2) is 15.7 Å². The van der Waals surface area contributed by atoms with Gasteiger partial charge in [0.1, 0.15) is 5.82 Å². The third-order valence-electron chi connectivity index (χ3n) is 4.11. The molecule has 3 rings (SSSR count). The maximum absolute atomic E-state index is 12.9. The highest BCUT2D eigenvalue weighted by atomic mass is 19.1. The van der Waals surface area contributed by atoms with Gasteiger partial charge in [-0.1, -0.05) is 30.3 Å². The number of carbonyl (C=O) groups excluding carboxylic acids is 1. The lowest BCUT2D eigenvalue weighted by atomic mass is 10.1. The molecule has 0 radical (unpaired) electrons. The molecule has 1 N–H and O–H groups in total. The van der Waals surface area contributed by atoms with Crippen molar-refractivity contribution in [2.45, 2.75) is 26.7 Å². The number of anilines is 1. The Hall–Kier alpha value is -2.95. The average Bonchev–Trinajstić information content (AvgIpc) is 2.90. The number of hydrogen-bond acceptors (Lipinski definition) is 2. The van der Waals surface area contributed by atoms with Gasteiger partial charge in [0.2, 0.25) is 5.91 Å². The van der Waals surface area contributed by atoms with Crippen molar-refractivity contribution in [3.63, 3.8) is 0 Å². The number of nitrogens with one attached hydrogen (secondary N) is 1. The van der Waals surface area contributed by atoms with Crippen LogP contribution < -0.4 is 5.32 Å². The summed E-state index contributed by atoms with van der Waals surface area (Å²) in [6, 6.07) is 16.0. The molecule has 1 heterocycles. The van der Waals surface area contributed by atoms with Crippen LogP contribution in [0, 0.1) is 19.7 Å². The minimum atomic E-state index is -0.271. The number of hydrogen-bond donors (Lipinski definition) is 1. The van der Waals surface area contributed by atoms with Crippen molar-refractivity contribution >= 4 is 11.6 Å². The summed E-state index contributed by atoms with van der Waals surface area (Å²) in [5, 5.41) is 7.48. The first-order valence-corrected chi connectivity index (χ1v) is 8.20. The summed E-state index contributed by atoms with van der Waals surface area (Å²) < 4.78 is 14.7. The molecule has 4 nitrogen and oxygen atoms in total. The van der Waals surface area contributed by atoms with Crippen LogP contribution in [0.1, 0.15) is 23.4 Å². The molecule has 25 heavy (non-hydrogen) atoms. The van der Waals surface area contributed by atoms with E-state index in [-0.39, 0.29) is 11.7 Å². The number of carbonyl (C=O) groups is 1. The lowest BCUT2D eigenvalue weighted by Gasteiger charge is -2.07. The number of halogens is 1. The molecule has 1 aromatic heterocycles. The van der Waals surface area contributed by atoms with E-state index in [2.05, 4.69) is 10.4 Å². The number of aryl methyl sites for hydroxylation is 2. The fourth-order valence-corrected chi connectivity index (χ4v) is 2.76. The van der Waals surface area contributed by atoms with Gasteiger partial charge in [-0.25, -0.2) is 9.07 Å². The molecule has 0 saturated heterocycles. The molecule has 0 spiro atoms. The van der Waals surface area contributed by atoms with Crippen molar-refractivity contribution in [3.05, 3.63) is 77.4 Å². The molecule has 0 saturated carbocycles. The number of para-hydroxylation sites is 1. The van der Waals surface area contributed by atoms with Crippen LogP contribution >= 0.6 is 0 Å². The van der Waals surface area contributed by atoms with Crippen LogP contribution in [0.25, 0.3) is 5.69 Å². The second kappa shape index (κ2) is 7.30. The number of rotatable bonds is 5. The smallest absolute Gasteiger partial charge is 0.224 e. The standard InChI is InChI=1S/C20H20FN3O/c1-14-20(15(2)24(23-14)18-6-4-3-5-7-18)22-19(25)13-10-16-8-11-17(21)12-9-16/h3-9,11-12H,10,13H2,1-2H3,(H,22,25). The van der Waals surface area contributed by atoms with E-state index in [1.807, 2.05) is 48.9 Å². The Balaban J connectivity index is 1.69. The summed E-state index contributed by atoms with van der Waals surface area (Å²) >= 11 is 0. The monoisotopic (exact) mass is 337 g/mol.